The van der Waals surface area contributed by atoms with E-state index in [9.17, 15) is 4.79 Å². The molecule has 0 unspecified atom stereocenters. The summed E-state index contributed by atoms with van der Waals surface area (Å²) in [6.07, 6.45) is 1.91. The summed E-state index contributed by atoms with van der Waals surface area (Å²) < 4.78 is 11.3. The number of oxazole rings is 1. The maximum Gasteiger partial charge on any atom is 0.298 e. The number of aryl methyl sites for hydroxylation is 3. The minimum Gasteiger partial charge on any atom is -0.423 e. The van der Waals surface area contributed by atoms with Gasteiger partial charge < -0.3 is 18.7 Å². The molecule has 5 heterocycles. The number of hydrogen-bond donors (Lipinski definition) is 0. The molecule has 146 valence electrons. The summed E-state index contributed by atoms with van der Waals surface area (Å²) >= 11 is 0. The summed E-state index contributed by atoms with van der Waals surface area (Å²) in [5.74, 6) is 0.971. The maximum absolute atomic E-state index is 13.1. The van der Waals surface area contributed by atoms with E-state index in [2.05, 4.69) is 10.1 Å². The summed E-state index contributed by atoms with van der Waals surface area (Å²) in [6, 6.07) is 6.77. The number of benzene rings is 1. The Bertz CT molecular complexity index is 1030. The van der Waals surface area contributed by atoms with Crippen molar-refractivity contribution in [3.05, 3.63) is 40.8 Å². The second-order valence-electron chi connectivity index (χ2n) is 8.07. The van der Waals surface area contributed by atoms with Gasteiger partial charge in [0.25, 0.3) is 6.01 Å². The zero-order valence-electron chi connectivity index (χ0n) is 16.4. The molecule has 1 aromatic carbocycles. The van der Waals surface area contributed by atoms with Crippen LogP contribution in [-0.4, -0.2) is 40.1 Å². The van der Waals surface area contributed by atoms with Gasteiger partial charge in [0.1, 0.15) is 11.3 Å². The average Bonchev–Trinajstić information content (AvgIpc) is 3.10. The number of nitrogens with zero attached hydrogens (tertiary/aromatic N) is 4. The molecule has 2 aromatic heterocycles. The molecule has 0 saturated carbocycles. The van der Waals surface area contributed by atoms with Gasteiger partial charge in [-0.25, -0.2) is 0 Å². The first-order chi connectivity index (χ1) is 13.5. The quantitative estimate of drug-likeness (QED) is 0.693. The highest BCUT2D eigenvalue weighted by Gasteiger charge is 2.42. The van der Waals surface area contributed by atoms with Crippen molar-refractivity contribution in [3.63, 3.8) is 0 Å². The third-order valence-corrected chi connectivity index (χ3v) is 6.11. The van der Waals surface area contributed by atoms with Gasteiger partial charge in [-0.3, -0.25) is 4.79 Å². The number of carbonyl (C=O) groups is 1. The van der Waals surface area contributed by atoms with Gasteiger partial charge in [0.2, 0.25) is 5.91 Å². The lowest BCUT2D eigenvalue weighted by Gasteiger charge is -2.35. The van der Waals surface area contributed by atoms with Gasteiger partial charge in [0.15, 0.2) is 5.58 Å². The van der Waals surface area contributed by atoms with Gasteiger partial charge in [0, 0.05) is 24.7 Å². The molecule has 3 aliphatic rings. The number of aromatic nitrogens is 2. The number of fused-ring (bicyclic) bond motifs is 5. The van der Waals surface area contributed by atoms with Crippen molar-refractivity contribution < 1.29 is 13.7 Å². The second-order valence-corrected chi connectivity index (χ2v) is 8.07. The molecule has 0 radical (unpaired) electrons. The summed E-state index contributed by atoms with van der Waals surface area (Å²) in [4.78, 5) is 22.0. The highest BCUT2D eigenvalue weighted by molar-refractivity contribution is 5.82. The van der Waals surface area contributed by atoms with Crippen LogP contribution in [0, 0.1) is 26.7 Å². The third kappa shape index (κ3) is 2.77. The number of piperidine rings is 1. The molecule has 7 nitrogen and oxygen atoms in total. The van der Waals surface area contributed by atoms with Crippen LogP contribution in [0.5, 0.6) is 0 Å². The molecule has 2 bridgehead atoms. The standard InChI is InChI=1S/C21H24N4O3/c1-12-4-7-19-18(8-12)22-21(27-19)24-9-15-5-6-16(10-24)25(20(15)26)11-17-13(2)23-28-14(17)3/h4,7-8,15-16H,5-6,9-11H2,1-3H3/t15-,16+/m0/s1. The fourth-order valence-corrected chi connectivity index (χ4v) is 4.46. The Morgan fingerprint density at radius 3 is 2.82 bits per heavy atom. The van der Waals surface area contributed by atoms with E-state index in [0.717, 1.165) is 53.1 Å². The monoisotopic (exact) mass is 380 g/mol. The van der Waals surface area contributed by atoms with Crippen molar-refractivity contribution >= 4 is 23.0 Å². The molecule has 0 aliphatic carbocycles. The van der Waals surface area contributed by atoms with Crippen LogP contribution in [0.4, 0.5) is 6.01 Å². The predicted molar refractivity (Wildman–Crippen MR) is 104 cm³/mol. The van der Waals surface area contributed by atoms with Gasteiger partial charge in [-0.1, -0.05) is 11.2 Å². The molecule has 28 heavy (non-hydrogen) atoms. The number of carbonyl (C=O) groups excluding carboxylic acids is 1. The third-order valence-electron chi connectivity index (χ3n) is 6.11. The van der Waals surface area contributed by atoms with Crippen LogP contribution in [0.1, 0.15) is 35.4 Å². The van der Waals surface area contributed by atoms with Crippen molar-refractivity contribution in [3.8, 4) is 0 Å². The van der Waals surface area contributed by atoms with Crippen molar-refractivity contribution in [2.45, 2.75) is 46.2 Å². The zero-order valence-corrected chi connectivity index (χ0v) is 16.4. The number of anilines is 1. The summed E-state index contributed by atoms with van der Waals surface area (Å²) in [6.45, 7) is 7.82. The first kappa shape index (κ1) is 17.3. The molecule has 6 rings (SSSR count). The Hall–Kier alpha value is -2.83. The number of rotatable bonds is 3. The molecule has 0 spiro atoms. The minimum atomic E-state index is -0.0315. The predicted octanol–water partition coefficient (Wildman–Crippen LogP) is 3.37. The summed E-state index contributed by atoms with van der Waals surface area (Å²) in [5.41, 5.74) is 4.69. The highest BCUT2D eigenvalue weighted by Crippen LogP contribution is 2.34. The zero-order chi connectivity index (χ0) is 19.4. The smallest absolute Gasteiger partial charge is 0.298 e. The van der Waals surface area contributed by atoms with E-state index in [0.29, 0.717) is 19.1 Å². The van der Waals surface area contributed by atoms with Crippen molar-refractivity contribution in [2.75, 3.05) is 18.0 Å². The van der Waals surface area contributed by atoms with E-state index in [1.807, 2.05) is 43.9 Å². The van der Waals surface area contributed by atoms with Gasteiger partial charge >= 0.3 is 0 Å². The Kier molecular flexibility index (Phi) is 3.92. The number of amides is 1. The molecule has 3 saturated heterocycles. The first-order valence-corrected chi connectivity index (χ1v) is 9.84. The molecule has 3 aromatic rings. The normalized spacial score (nSPS) is 22.3. The second kappa shape index (κ2) is 6.36. The molecule has 3 fully saturated rings. The minimum absolute atomic E-state index is 0.0315. The Labute approximate surface area is 163 Å². The van der Waals surface area contributed by atoms with E-state index in [1.54, 1.807) is 0 Å². The number of hydrogen-bond acceptors (Lipinski definition) is 6. The average molecular weight is 380 g/mol. The molecule has 7 heteroatoms. The van der Waals surface area contributed by atoms with E-state index < -0.39 is 0 Å². The van der Waals surface area contributed by atoms with Crippen molar-refractivity contribution in [1.82, 2.24) is 15.0 Å². The molecule has 1 amide bonds. The SMILES string of the molecule is Cc1ccc2oc(N3C[C@@H]4CC[C@H](C3)N(Cc3c(C)noc3C)C4=O)nc2c1. The lowest BCUT2D eigenvalue weighted by atomic mass is 9.93. The van der Waals surface area contributed by atoms with Crippen molar-refractivity contribution in [1.29, 1.82) is 0 Å². The van der Waals surface area contributed by atoms with Crippen LogP contribution < -0.4 is 4.90 Å². The van der Waals surface area contributed by atoms with E-state index >= 15 is 0 Å². The fraction of sp³-hybridized carbons (Fsp3) is 0.476. The van der Waals surface area contributed by atoms with Crippen LogP contribution in [0.15, 0.2) is 27.1 Å². The lowest BCUT2D eigenvalue weighted by Crippen LogP contribution is -2.47. The molecular weight excluding hydrogens is 356 g/mol. The van der Waals surface area contributed by atoms with Gasteiger partial charge in [-0.05, 0) is 51.3 Å². The van der Waals surface area contributed by atoms with Gasteiger partial charge in [-0.15, -0.1) is 0 Å². The van der Waals surface area contributed by atoms with E-state index in [-0.39, 0.29) is 17.9 Å². The Morgan fingerprint density at radius 2 is 2.04 bits per heavy atom. The van der Waals surface area contributed by atoms with Crippen LogP contribution in [0.2, 0.25) is 0 Å². The summed E-state index contributed by atoms with van der Waals surface area (Å²) in [7, 11) is 0. The molecular formula is C21H24N4O3. The van der Waals surface area contributed by atoms with Gasteiger partial charge in [-0.2, -0.15) is 4.98 Å². The van der Waals surface area contributed by atoms with E-state index in [1.165, 1.54) is 0 Å². The molecule has 2 atom stereocenters. The first-order valence-electron chi connectivity index (χ1n) is 9.84. The largest absolute Gasteiger partial charge is 0.423 e. The van der Waals surface area contributed by atoms with Crippen LogP contribution in [0.25, 0.3) is 11.1 Å². The Morgan fingerprint density at radius 1 is 1.18 bits per heavy atom. The molecule has 3 aliphatic heterocycles. The lowest BCUT2D eigenvalue weighted by molar-refractivity contribution is -0.140. The molecule has 0 N–H and O–H groups in total. The Balaban J connectivity index is 1.44. The van der Waals surface area contributed by atoms with Crippen LogP contribution >= 0.6 is 0 Å². The maximum atomic E-state index is 13.1. The summed E-state index contributed by atoms with van der Waals surface area (Å²) in [5, 5.41) is 4.04. The highest BCUT2D eigenvalue weighted by atomic mass is 16.5. The van der Waals surface area contributed by atoms with Crippen LogP contribution in [-0.2, 0) is 11.3 Å². The van der Waals surface area contributed by atoms with Crippen molar-refractivity contribution in [2.24, 2.45) is 5.92 Å². The topological polar surface area (TPSA) is 75.6 Å². The fourth-order valence-electron chi connectivity index (χ4n) is 4.46. The van der Waals surface area contributed by atoms with E-state index in [4.69, 9.17) is 13.9 Å². The van der Waals surface area contributed by atoms with Crippen LogP contribution in [0.3, 0.4) is 0 Å². The van der Waals surface area contributed by atoms with Gasteiger partial charge in [0.05, 0.1) is 18.2 Å².